The predicted octanol–water partition coefficient (Wildman–Crippen LogP) is 3.44. The molecular formula is C23H28N4O3S. The summed E-state index contributed by atoms with van der Waals surface area (Å²) in [5.41, 5.74) is 1.34. The van der Waals surface area contributed by atoms with Crippen LogP contribution in [-0.4, -0.2) is 47.2 Å². The summed E-state index contributed by atoms with van der Waals surface area (Å²) in [4.78, 5) is 30.9. The predicted molar refractivity (Wildman–Crippen MR) is 125 cm³/mol. The molecule has 1 heterocycles. The molecule has 2 amide bonds. The number of hydrogen-bond acceptors (Lipinski definition) is 4. The van der Waals surface area contributed by atoms with Crippen LogP contribution in [-0.2, 0) is 16.1 Å². The number of aromatic nitrogens is 2. The van der Waals surface area contributed by atoms with Gasteiger partial charge in [0.2, 0.25) is 5.91 Å². The lowest BCUT2D eigenvalue weighted by atomic mass is 10.1. The molecular weight excluding hydrogens is 412 g/mol. The largest absolute Gasteiger partial charge is 0.497 e. The van der Waals surface area contributed by atoms with Crippen LogP contribution in [0, 0.1) is 0 Å². The van der Waals surface area contributed by atoms with E-state index in [1.54, 1.807) is 54.7 Å². The molecule has 0 aliphatic rings. The molecule has 2 aromatic carbocycles. The number of methoxy groups -OCH3 is 1. The van der Waals surface area contributed by atoms with Crippen molar-refractivity contribution in [3.8, 4) is 5.75 Å². The van der Waals surface area contributed by atoms with Gasteiger partial charge in [-0.15, -0.1) is 0 Å². The second kappa shape index (κ2) is 9.70. The third-order valence-electron chi connectivity index (χ3n) is 4.73. The van der Waals surface area contributed by atoms with Crippen molar-refractivity contribution in [1.82, 2.24) is 14.9 Å². The van der Waals surface area contributed by atoms with Crippen molar-refractivity contribution in [3.05, 3.63) is 72.8 Å². The summed E-state index contributed by atoms with van der Waals surface area (Å²) in [6.07, 6.45) is 11.5. The maximum absolute atomic E-state index is 13.1. The van der Waals surface area contributed by atoms with Crippen LogP contribution in [0.1, 0.15) is 11.6 Å². The summed E-state index contributed by atoms with van der Waals surface area (Å²) in [6, 6.07) is 14.1. The van der Waals surface area contributed by atoms with E-state index < -0.39 is 16.1 Å². The van der Waals surface area contributed by atoms with E-state index in [9.17, 15) is 9.59 Å². The number of amides is 2. The minimum atomic E-state index is -0.852. The van der Waals surface area contributed by atoms with Crippen LogP contribution in [0.15, 0.2) is 72.1 Å². The topological polar surface area (TPSA) is 85.2 Å². The lowest BCUT2D eigenvalue weighted by Crippen LogP contribution is -2.38. The van der Waals surface area contributed by atoms with Crippen LogP contribution in [0.5, 0.6) is 5.75 Å². The summed E-state index contributed by atoms with van der Waals surface area (Å²) >= 11 is 0. The van der Waals surface area contributed by atoms with E-state index in [1.807, 2.05) is 24.3 Å². The Hall–Kier alpha value is -3.26. The van der Waals surface area contributed by atoms with Gasteiger partial charge in [-0.2, -0.15) is 0 Å². The highest BCUT2D eigenvalue weighted by Gasteiger charge is 2.23. The van der Waals surface area contributed by atoms with Crippen molar-refractivity contribution in [2.75, 3.05) is 31.2 Å². The van der Waals surface area contributed by atoms with Crippen molar-refractivity contribution in [2.24, 2.45) is 0 Å². The van der Waals surface area contributed by atoms with E-state index in [0.29, 0.717) is 17.0 Å². The van der Waals surface area contributed by atoms with Crippen LogP contribution in [0.25, 0.3) is 0 Å². The second-order valence-corrected chi connectivity index (χ2v) is 12.0. The van der Waals surface area contributed by atoms with Crippen molar-refractivity contribution in [1.29, 1.82) is 0 Å². The fourth-order valence-electron chi connectivity index (χ4n) is 3.01. The Labute approximate surface area is 184 Å². The number of ether oxygens (including phenoxy) is 1. The number of carbonyl (C=O) groups excluding carboxylic acids is 2. The maximum Gasteiger partial charge on any atom is 0.251 e. The Morgan fingerprint density at radius 1 is 1.06 bits per heavy atom. The molecule has 0 fully saturated rings. The van der Waals surface area contributed by atoms with Gasteiger partial charge in [-0.1, -0.05) is 12.1 Å². The molecule has 1 aromatic heterocycles. The van der Waals surface area contributed by atoms with Gasteiger partial charge < -0.3 is 19.9 Å². The average molecular weight is 441 g/mol. The summed E-state index contributed by atoms with van der Waals surface area (Å²) in [7, 11) is 0.735. The van der Waals surface area contributed by atoms with E-state index in [-0.39, 0.29) is 18.4 Å². The van der Waals surface area contributed by atoms with Crippen molar-refractivity contribution in [2.45, 2.75) is 17.5 Å². The first kappa shape index (κ1) is 22.4. The summed E-state index contributed by atoms with van der Waals surface area (Å²) in [6.45, 7) is 0.0724. The van der Waals surface area contributed by atoms with E-state index >= 15 is 0 Å². The summed E-state index contributed by atoms with van der Waals surface area (Å²) in [5.74, 6) is 0.0635. The van der Waals surface area contributed by atoms with Crippen molar-refractivity contribution < 1.29 is 14.3 Å². The second-order valence-electron chi connectivity index (χ2n) is 7.86. The third kappa shape index (κ3) is 6.11. The Morgan fingerprint density at radius 2 is 1.74 bits per heavy atom. The molecule has 0 aliphatic heterocycles. The molecule has 3 rings (SSSR count). The van der Waals surface area contributed by atoms with E-state index in [4.69, 9.17) is 4.74 Å². The number of anilines is 1. The maximum atomic E-state index is 13.1. The fraction of sp³-hybridized carbons (Fsp3) is 0.261. The van der Waals surface area contributed by atoms with Crippen LogP contribution in [0.2, 0.25) is 0 Å². The molecule has 1 atom stereocenters. The first-order chi connectivity index (χ1) is 14.8. The molecule has 0 saturated heterocycles. The van der Waals surface area contributed by atoms with Gasteiger partial charge in [-0.05, 0) is 65.6 Å². The number of hydrogen-bond donors (Lipinski definition) is 2. The molecule has 0 saturated carbocycles. The number of nitrogens with one attached hydrogen (secondary N) is 2. The highest BCUT2D eigenvalue weighted by atomic mass is 32.3. The smallest absolute Gasteiger partial charge is 0.251 e. The minimum absolute atomic E-state index is 0.0724. The van der Waals surface area contributed by atoms with Gasteiger partial charge >= 0.3 is 0 Å². The lowest BCUT2D eigenvalue weighted by Gasteiger charge is -2.26. The molecule has 0 spiro atoms. The molecule has 7 nitrogen and oxygen atoms in total. The van der Waals surface area contributed by atoms with Gasteiger partial charge in [0, 0.05) is 18.1 Å². The number of benzene rings is 2. The lowest BCUT2D eigenvalue weighted by molar-refractivity contribution is -0.127. The normalized spacial score (nSPS) is 12.6. The van der Waals surface area contributed by atoms with Crippen LogP contribution in [0.4, 0.5) is 5.69 Å². The third-order valence-corrected chi connectivity index (χ3v) is 6.42. The zero-order valence-electron chi connectivity index (χ0n) is 18.2. The molecule has 3 aromatic rings. The highest BCUT2D eigenvalue weighted by Crippen LogP contribution is 2.45. The minimum Gasteiger partial charge on any atom is -0.497 e. The standard InChI is InChI=1S/C23H28N4O3S/c1-30-19-9-5-17(6-10-19)22(26-21(28)15-27-14-13-24-16-27)23(29)25-18-7-11-20(12-8-18)31(2,3)4/h5-14,16,22H,15H2,1-4H3,(H,25,29)(H,26,28). The fourth-order valence-corrected chi connectivity index (χ4v) is 3.96. The van der Waals surface area contributed by atoms with Crippen molar-refractivity contribution >= 4 is 27.5 Å². The monoisotopic (exact) mass is 440 g/mol. The Bertz CT molecular complexity index is 1010. The van der Waals surface area contributed by atoms with E-state index in [0.717, 1.165) is 0 Å². The van der Waals surface area contributed by atoms with Gasteiger partial charge in [0.05, 0.1) is 13.4 Å². The molecule has 164 valence electrons. The quantitative estimate of drug-likeness (QED) is 0.562. The van der Waals surface area contributed by atoms with E-state index in [2.05, 4.69) is 34.4 Å². The molecule has 2 N–H and O–H groups in total. The van der Waals surface area contributed by atoms with Gasteiger partial charge in [0.25, 0.3) is 5.91 Å². The van der Waals surface area contributed by atoms with Crippen LogP contribution < -0.4 is 15.4 Å². The molecule has 0 radical (unpaired) electrons. The first-order valence-corrected chi connectivity index (χ1v) is 12.6. The van der Waals surface area contributed by atoms with E-state index in [1.165, 1.54) is 4.90 Å². The average Bonchev–Trinajstić information content (AvgIpc) is 3.25. The Balaban J connectivity index is 1.78. The Kier molecular flexibility index (Phi) is 7.02. The van der Waals surface area contributed by atoms with Gasteiger partial charge in [-0.25, -0.2) is 15.0 Å². The first-order valence-electron chi connectivity index (χ1n) is 9.74. The molecule has 31 heavy (non-hydrogen) atoms. The molecule has 1 unspecified atom stereocenters. The number of nitrogens with zero attached hydrogens (tertiary/aromatic N) is 2. The van der Waals surface area contributed by atoms with Crippen molar-refractivity contribution in [3.63, 3.8) is 0 Å². The zero-order valence-corrected chi connectivity index (χ0v) is 19.0. The molecule has 0 aliphatic carbocycles. The highest BCUT2D eigenvalue weighted by molar-refractivity contribution is 8.32. The number of imidazole rings is 1. The SMILES string of the molecule is COc1ccc(C(NC(=O)Cn2ccnc2)C(=O)Nc2ccc(S(C)(C)C)cc2)cc1. The summed E-state index contributed by atoms with van der Waals surface area (Å²) < 4.78 is 6.84. The Morgan fingerprint density at radius 3 is 2.29 bits per heavy atom. The number of rotatable bonds is 8. The van der Waals surface area contributed by atoms with Gasteiger partial charge in [0.1, 0.15) is 18.3 Å². The molecule has 0 bridgehead atoms. The van der Waals surface area contributed by atoms with Crippen LogP contribution in [0.3, 0.4) is 0 Å². The van der Waals surface area contributed by atoms with Gasteiger partial charge in [0.15, 0.2) is 0 Å². The molecule has 8 heteroatoms. The van der Waals surface area contributed by atoms with Gasteiger partial charge in [-0.3, -0.25) is 9.59 Å². The zero-order chi connectivity index (χ0) is 22.4. The van der Waals surface area contributed by atoms with Crippen LogP contribution >= 0.6 is 10.0 Å². The summed E-state index contributed by atoms with van der Waals surface area (Å²) in [5, 5.41) is 5.75. The number of carbonyl (C=O) groups is 2.